The maximum absolute atomic E-state index is 9.29. The van der Waals surface area contributed by atoms with Crippen LogP contribution in [0.15, 0.2) is 46.9 Å². The Labute approximate surface area is 110 Å². The van der Waals surface area contributed by atoms with Gasteiger partial charge >= 0.3 is 0 Å². The number of benzene rings is 1. The summed E-state index contributed by atoms with van der Waals surface area (Å²) in [6.07, 6.45) is 1.75. The molecule has 0 aliphatic rings. The van der Waals surface area contributed by atoms with Crippen molar-refractivity contribution >= 4 is 22.6 Å². The van der Waals surface area contributed by atoms with Crippen molar-refractivity contribution in [1.82, 2.24) is 4.98 Å². The van der Waals surface area contributed by atoms with E-state index in [1.165, 1.54) is 0 Å². The molecule has 1 aromatic carbocycles. The predicted octanol–water partition coefficient (Wildman–Crippen LogP) is 4.13. The molecule has 0 amide bonds. The first-order valence-corrected chi connectivity index (χ1v) is 6.02. The number of aromatic nitrogens is 1. The van der Waals surface area contributed by atoms with Crippen LogP contribution in [-0.4, -0.2) is 4.98 Å². The molecule has 0 unspecified atom stereocenters. The molecule has 3 aromatic rings. The number of rotatable bonds is 2. The van der Waals surface area contributed by atoms with Crippen molar-refractivity contribution in [3.8, 4) is 6.07 Å². The topological polar surface area (TPSA) is 52.7 Å². The largest absolute Gasteiger partial charge is 0.462 e. The average Bonchev–Trinajstić information content (AvgIpc) is 3.01. The molecular formula is C16H12N2O. The van der Waals surface area contributed by atoms with Crippen molar-refractivity contribution < 1.29 is 4.42 Å². The third-order valence-corrected chi connectivity index (χ3v) is 2.99. The minimum Gasteiger partial charge on any atom is -0.462 e. The Hall–Kier alpha value is -2.73. The molecule has 3 heteroatoms. The summed E-state index contributed by atoms with van der Waals surface area (Å²) in [6, 6.07) is 15.9. The fraction of sp³-hybridized carbons (Fsp3) is 0.0625. The van der Waals surface area contributed by atoms with Gasteiger partial charge in [-0.25, -0.2) is 0 Å². The number of nitriles is 1. The molecule has 0 aliphatic carbocycles. The van der Waals surface area contributed by atoms with Crippen LogP contribution in [0.5, 0.6) is 0 Å². The summed E-state index contributed by atoms with van der Waals surface area (Å²) in [5.41, 5.74) is 2.39. The average molecular weight is 248 g/mol. The third-order valence-electron chi connectivity index (χ3n) is 2.99. The molecule has 3 rings (SSSR count). The lowest BCUT2D eigenvalue weighted by Crippen LogP contribution is -1.80. The highest BCUT2D eigenvalue weighted by Gasteiger charge is 2.06. The van der Waals surface area contributed by atoms with E-state index in [-0.39, 0.29) is 0 Å². The zero-order valence-electron chi connectivity index (χ0n) is 10.5. The molecule has 1 N–H and O–H groups in total. The Morgan fingerprint density at radius 3 is 2.79 bits per heavy atom. The molecule has 0 bridgehead atoms. The molecule has 0 radical (unpaired) electrons. The number of furan rings is 1. The van der Waals surface area contributed by atoms with Gasteiger partial charge in [-0.2, -0.15) is 5.26 Å². The molecule has 0 atom stereocenters. The summed E-state index contributed by atoms with van der Waals surface area (Å²) in [4.78, 5) is 3.24. The first-order valence-electron chi connectivity index (χ1n) is 6.02. The van der Waals surface area contributed by atoms with E-state index in [0.717, 1.165) is 22.4 Å². The number of aromatic amines is 1. The van der Waals surface area contributed by atoms with E-state index in [0.29, 0.717) is 11.3 Å². The van der Waals surface area contributed by atoms with Gasteiger partial charge in [-0.05, 0) is 31.2 Å². The number of hydrogen-bond acceptors (Lipinski definition) is 2. The second-order valence-electron chi connectivity index (χ2n) is 4.39. The van der Waals surface area contributed by atoms with Gasteiger partial charge in [-0.15, -0.1) is 0 Å². The summed E-state index contributed by atoms with van der Waals surface area (Å²) in [6.45, 7) is 1.88. The van der Waals surface area contributed by atoms with E-state index in [1.807, 2.05) is 49.4 Å². The molecule has 2 heterocycles. The highest BCUT2D eigenvalue weighted by Crippen LogP contribution is 2.22. The van der Waals surface area contributed by atoms with Crippen molar-refractivity contribution in [2.45, 2.75) is 6.92 Å². The van der Waals surface area contributed by atoms with E-state index in [4.69, 9.17) is 4.42 Å². The van der Waals surface area contributed by atoms with E-state index in [9.17, 15) is 5.26 Å². The van der Waals surface area contributed by atoms with Crippen LogP contribution in [0, 0.1) is 18.3 Å². The van der Waals surface area contributed by atoms with E-state index >= 15 is 0 Å². The van der Waals surface area contributed by atoms with Crippen LogP contribution in [0.1, 0.15) is 17.2 Å². The monoisotopic (exact) mass is 248 g/mol. The van der Waals surface area contributed by atoms with Gasteiger partial charge in [0.1, 0.15) is 17.6 Å². The van der Waals surface area contributed by atoms with Crippen LogP contribution in [-0.2, 0) is 0 Å². The number of nitrogens with zero attached hydrogens (tertiary/aromatic N) is 1. The molecular weight excluding hydrogens is 236 g/mol. The molecule has 0 saturated heterocycles. The number of nitrogens with one attached hydrogen (secondary N) is 1. The van der Waals surface area contributed by atoms with Gasteiger partial charge in [0.25, 0.3) is 0 Å². The number of fused-ring (bicyclic) bond motifs is 1. The highest BCUT2D eigenvalue weighted by atomic mass is 16.3. The normalized spacial score (nSPS) is 11.7. The van der Waals surface area contributed by atoms with Gasteiger partial charge in [0.2, 0.25) is 0 Å². The molecule has 0 aliphatic heterocycles. The smallest absolute Gasteiger partial charge is 0.128 e. The zero-order chi connectivity index (χ0) is 13.2. The van der Waals surface area contributed by atoms with Crippen LogP contribution < -0.4 is 0 Å². The Morgan fingerprint density at radius 2 is 2.11 bits per heavy atom. The van der Waals surface area contributed by atoms with Gasteiger partial charge in [0.05, 0.1) is 11.3 Å². The Bertz CT molecular complexity index is 766. The minimum atomic E-state index is 0.561. The summed E-state index contributed by atoms with van der Waals surface area (Å²) >= 11 is 0. The van der Waals surface area contributed by atoms with Crippen molar-refractivity contribution in [3.63, 3.8) is 0 Å². The van der Waals surface area contributed by atoms with Crippen LogP contribution in [0.4, 0.5) is 0 Å². The second kappa shape index (κ2) is 4.51. The van der Waals surface area contributed by atoms with Crippen LogP contribution >= 0.6 is 0 Å². The molecule has 3 nitrogen and oxygen atoms in total. The number of hydrogen-bond donors (Lipinski definition) is 1. The second-order valence-corrected chi connectivity index (χ2v) is 4.39. The zero-order valence-corrected chi connectivity index (χ0v) is 10.5. The lowest BCUT2D eigenvalue weighted by atomic mass is 10.1. The van der Waals surface area contributed by atoms with Crippen LogP contribution in [0.2, 0.25) is 0 Å². The Kier molecular flexibility index (Phi) is 2.70. The highest BCUT2D eigenvalue weighted by molar-refractivity contribution is 5.93. The lowest BCUT2D eigenvalue weighted by molar-refractivity contribution is 0.525. The van der Waals surface area contributed by atoms with Crippen molar-refractivity contribution in [2.24, 2.45) is 0 Å². The van der Waals surface area contributed by atoms with E-state index in [2.05, 4.69) is 11.1 Å². The third kappa shape index (κ3) is 2.16. The Morgan fingerprint density at radius 1 is 1.26 bits per heavy atom. The van der Waals surface area contributed by atoms with E-state index in [1.54, 1.807) is 6.08 Å². The van der Waals surface area contributed by atoms with E-state index < -0.39 is 0 Å². The predicted molar refractivity (Wildman–Crippen MR) is 75.2 cm³/mol. The first kappa shape index (κ1) is 11.4. The fourth-order valence-electron chi connectivity index (χ4n) is 2.06. The SMILES string of the molecule is Cc1ccc(/C=C(\C#N)c2cc3ccccc3[nH]2)o1. The number of aryl methyl sites for hydroxylation is 1. The molecule has 0 fully saturated rings. The summed E-state index contributed by atoms with van der Waals surface area (Å²) in [7, 11) is 0. The minimum absolute atomic E-state index is 0.561. The van der Waals surface area contributed by atoms with Gasteiger partial charge in [0.15, 0.2) is 0 Å². The summed E-state index contributed by atoms with van der Waals surface area (Å²) in [5.74, 6) is 1.52. The fourth-order valence-corrected chi connectivity index (χ4v) is 2.06. The lowest BCUT2D eigenvalue weighted by Gasteiger charge is -1.93. The summed E-state index contributed by atoms with van der Waals surface area (Å²) in [5, 5.41) is 10.4. The molecule has 92 valence electrons. The number of para-hydroxylation sites is 1. The quantitative estimate of drug-likeness (QED) is 0.693. The molecule has 0 spiro atoms. The first-order chi connectivity index (χ1) is 9.26. The van der Waals surface area contributed by atoms with Crippen molar-refractivity contribution in [1.29, 1.82) is 5.26 Å². The Balaban J connectivity index is 2.07. The van der Waals surface area contributed by atoms with Crippen molar-refractivity contribution in [2.75, 3.05) is 0 Å². The maximum atomic E-state index is 9.29. The summed E-state index contributed by atoms with van der Waals surface area (Å²) < 4.78 is 5.47. The van der Waals surface area contributed by atoms with Gasteiger partial charge in [0, 0.05) is 17.0 Å². The maximum Gasteiger partial charge on any atom is 0.128 e. The van der Waals surface area contributed by atoms with Crippen LogP contribution in [0.25, 0.3) is 22.6 Å². The van der Waals surface area contributed by atoms with Gasteiger partial charge in [-0.1, -0.05) is 18.2 Å². The molecule has 2 aromatic heterocycles. The number of H-pyrrole nitrogens is 1. The van der Waals surface area contributed by atoms with Gasteiger partial charge in [-0.3, -0.25) is 0 Å². The standard InChI is InChI=1S/C16H12N2O/c1-11-6-7-14(19-11)8-13(10-17)16-9-12-4-2-3-5-15(12)18-16/h2-9,18H,1H3/b13-8+. The van der Waals surface area contributed by atoms with Crippen LogP contribution in [0.3, 0.4) is 0 Å². The van der Waals surface area contributed by atoms with Crippen molar-refractivity contribution in [3.05, 3.63) is 59.7 Å². The number of allylic oxidation sites excluding steroid dienone is 1. The van der Waals surface area contributed by atoms with Gasteiger partial charge < -0.3 is 9.40 Å². The molecule has 19 heavy (non-hydrogen) atoms. The molecule has 0 saturated carbocycles.